The number of carbonyl (C=O) groups is 4. The van der Waals surface area contributed by atoms with E-state index in [-0.39, 0.29) is 18.2 Å². The summed E-state index contributed by atoms with van der Waals surface area (Å²) in [4.78, 5) is 50.0. The van der Waals surface area contributed by atoms with Crippen LogP contribution in [0.25, 0.3) is 11.1 Å². The van der Waals surface area contributed by atoms with Gasteiger partial charge in [0.05, 0.1) is 26.1 Å². The molecule has 2 saturated heterocycles. The number of carboxylic acids is 1. The Morgan fingerprint density at radius 1 is 0.907 bits per heavy atom. The maximum atomic E-state index is 13.3. The summed E-state index contributed by atoms with van der Waals surface area (Å²) in [6, 6.07) is 24.6. The summed E-state index contributed by atoms with van der Waals surface area (Å²) in [6.07, 6.45) is -4.85. The van der Waals surface area contributed by atoms with Gasteiger partial charge in [-0.05, 0) is 34.4 Å². The van der Waals surface area contributed by atoms with Gasteiger partial charge in [0.2, 0.25) is 11.8 Å². The van der Waals surface area contributed by atoms with Gasteiger partial charge in [0.1, 0.15) is 11.3 Å². The molecule has 0 aliphatic carbocycles. The van der Waals surface area contributed by atoms with E-state index in [0.717, 1.165) is 32.9 Å². The molecule has 12 heteroatoms. The van der Waals surface area contributed by atoms with Crippen LogP contribution in [0.4, 0.5) is 13.2 Å². The number of carbonyl (C=O) groups excluding carboxylic acids is 3. The average Bonchev–Trinajstić information content (AvgIpc) is 3.46. The molecule has 226 valence electrons. The largest absolute Gasteiger partial charge is 0.497 e. The molecule has 2 aliphatic rings. The smallest absolute Gasteiger partial charge is 0.490 e. The number of rotatable bonds is 6. The Labute approximate surface area is 245 Å². The third kappa shape index (κ3) is 6.09. The number of aliphatic carboxylic acids is 1. The number of amides is 2. The third-order valence-electron chi connectivity index (χ3n) is 7.69. The number of halogens is 3. The van der Waals surface area contributed by atoms with E-state index in [2.05, 4.69) is 5.32 Å². The van der Waals surface area contributed by atoms with Crippen molar-refractivity contribution in [2.75, 3.05) is 21.3 Å². The number of hydrogen-bond donors (Lipinski definition) is 2. The van der Waals surface area contributed by atoms with Crippen molar-refractivity contribution >= 4 is 23.8 Å². The van der Waals surface area contributed by atoms with Crippen molar-refractivity contribution in [1.29, 1.82) is 0 Å². The van der Waals surface area contributed by atoms with Crippen molar-refractivity contribution in [1.82, 2.24) is 10.2 Å². The maximum absolute atomic E-state index is 13.3. The van der Waals surface area contributed by atoms with Crippen LogP contribution in [0.1, 0.15) is 17.2 Å². The van der Waals surface area contributed by atoms with E-state index in [0.29, 0.717) is 0 Å². The van der Waals surface area contributed by atoms with Crippen molar-refractivity contribution in [2.24, 2.45) is 11.8 Å². The molecule has 3 unspecified atom stereocenters. The first-order valence-corrected chi connectivity index (χ1v) is 13.1. The third-order valence-corrected chi connectivity index (χ3v) is 7.69. The van der Waals surface area contributed by atoms with Gasteiger partial charge in [-0.1, -0.05) is 66.7 Å². The Bertz CT molecular complexity index is 1490. The molecule has 0 radical (unpaired) electrons. The lowest BCUT2D eigenvalue weighted by atomic mass is 9.76. The lowest BCUT2D eigenvalue weighted by Crippen LogP contribution is -2.57. The van der Waals surface area contributed by atoms with Crippen LogP contribution in [-0.2, 0) is 30.3 Å². The van der Waals surface area contributed by atoms with Gasteiger partial charge in [-0.3, -0.25) is 24.6 Å². The first-order chi connectivity index (χ1) is 20.3. The van der Waals surface area contributed by atoms with Crippen LogP contribution < -0.4 is 10.1 Å². The number of fused-ring (bicyclic) bond motifs is 1. The summed E-state index contributed by atoms with van der Waals surface area (Å²) in [7, 11) is 4.43. The second-order valence-electron chi connectivity index (χ2n) is 10.1. The van der Waals surface area contributed by atoms with Gasteiger partial charge in [0, 0.05) is 19.5 Å². The van der Waals surface area contributed by atoms with E-state index in [1.54, 1.807) is 7.11 Å². The van der Waals surface area contributed by atoms with E-state index in [4.69, 9.17) is 19.4 Å². The SMILES string of the molecule is COC(=O)[C@]1(Cc2ccccc2)NC(c2ccc(-c3ccc(OC)cc3)cc2)C2C(=O)N(C)C(=O)C21.O=C(O)C(F)(F)F. The van der Waals surface area contributed by atoms with Crippen LogP contribution in [0.5, 0.6) is 5.75 Å². The fourth-order valence-electron chi connectivity index (χ4n) is 5.62. The van der Waals surface area contributed by atoms with Gasteiger partial charge in [0.25, 0.3) is 0 Å². The number of imide groups is 1. The minimum absolute atomic E-state index is 0.231. The number of carboxylic acid groups (broad SMARTS) is 1. The van der Waals surface area contributed by atoms with Crippen LogP contribution in [-0.4, -0.2) is 66.7 Å². The Morgan fingerprint density at radius 3 is 1.93 bits per heavy atom. The predicted molar refractivity (Wildman–Crippen MR) is 148 cm³/mol. The second-order valence-corrected chi connectivity index (χ2v) is 10.1. The number of ether oxygens (including phenoxy) is 2. The van der Waals surface area contributed by atoms with Crippen molar-refractivity contribution < 1.29 is 46.9 Å². The van der Waals surface area contributed by atoms with Crippen molar-refractivity contribution in [3.8, 4) is 16.9 Å². The number of nitrogens with one attached hydrogen (secondary N) is 1. The molecule has 3 aromatic rings. The van der Waals surface area contributed by atoms with Crippen molar-refractivity contribution in [3.05, 3.63) is 90.0 Å². The lowest BCUT2D eigenvalue weighted by molar-refractivity contribution is -0.192. The molecular formula is C31H29F3N2O7. The van der Waals surface area contributed by atoms with Gasteiger partial charge >= 0.3 is 18.1 Å². The molecule has 3 aromatic carbocycles. The molecule has 2 amide bonds. The van der Waals surface area contributed by atoms with Crippen LogP contribution in [0, 0.1) is 11.8 Å². The molecule has 0 aromatic heterocycles. The van der Waals surface area contributed by atoms with E-state index < -0.39 is 41.5 Å². The molecule has 2 N–H and O–H groups in total. The lowest BCUT2D eigenvalue weighted by Gasteiger charge is -2.32. The zero-order chi connectivity index (χ0) is 31.5. The van der Waals surface area contributed by atoms with Crippen LogP contribution >= 0.6 is 0 Å². The Balaban J connectivity index is 0.000000541. The van der Waals surface area contributed by atoms with Crippen LogP contribution in [0.15, 0.2) is 78.9 Å². The number of benzene rings is 3. The minimum atomic E-state index is -5.08. The van der Waals surface area contributed by atoms with Gasteiger partial charge in [-0.15, -0.1) is 0 Å². The summed E-state index contributed by atoms with van der Waals surface area (Å²) in [5, 5.41) is 10.5. The Hall–Kier alpha value is -4.71. The molecule has 43 heavy (non-hydrogen) atoms. The van der Waals surface area contributed by atoms with Gasteiger partial charge in [-0.25, -0.2) is 4.79 Å². The highest BCUT2D eigenvalue weighted by atomic mass is 19.4. The number of nitrogens with zero attached hydrogens (tertiary/aromatic N) is 1. The van der Waals surface area contributed by atoms with Crippen molar-refractivity contribution in [3.63, 3.8) is 0 Å². The summed E-state index contributed by atoms with van der Waals surface area (Å²) in [5.41, 5.74) is 2.37. The highest BCUT2D eigenvalue weighted by molar-refractivity contribution is 6.09. The molecule has 0 saturated carbocycles. The summed E-state index contributed by atoms with van der Waals surface area (Å²) in [5.74, 6) is -4.76. The number of esters is 1. The number of methoxy groups -OCH3 is 2. The highest BCUT2D eigenvalue weighted by Crippen LogP contribution is 2.50. The van der Waals surface area contributed by atoms with Gasteiger partial charge in [-0.2, -0.15) is 13.2 Å². The maximum Gasteiger partial charge on any atom is 0.490 e. The normalized spacial score (nSPS) is 22.8. The number of likely N-dealkylation sites (tertiary alicyclic amines) is 1. The predicted octanol–water partition coefficient (Wildman–Crippen LogP) is 4.03. The van der Waals surface area contributed by atoms with Crippen molar-refractivity contribution in [2.45, 2.75) is 24.2 Å². The first-order valence-electron chi connectivity index (χ1n) is 13.1. The Kier molecular flexibility index (Phi) is 8.90. The molecule has 4 atom stereocenters. The minimum Gasteiger partial charge on any atom is -0.497 e. The van der Waals surface area contributed by atoms with E-state index in [1.165, 1.54) is 14.2 Å². The van der Waals surface area contributed by atoms with Gasteiger partial charge < -0.3 is 14.6 Å². The van der Waals surface area contributed by atoms with E-state index in [9.17, 15) is 27.6 Å². The topological polar surface area (TPSA) is 122 Å². The molecule has 2 fully saturated rings. The zero-order valence-electron chi connectivity index (χ0n) is 23.4. The van der Waals surface area contributed by atoms with E-state index >= 15 is 0 Å². The fraction of sp³-hybridized carbons (Fsp3) is 0.290. The van der Waals surface area contributed by atoms with Crippen LogP contribution in [0.3, 0.4) is 0 Å². The highest BCUT2D eigenvalue weighted by Gasteiger charge is 2.68. The second kappa shape index (κ2) is 12.3. The first kappa shape index (κ1) is 31.2. The quantitative estimate of drug-likeness (QED) is 0.322. The molecular weight excluding hydrogens is 569 g/mol. The Morgan fingerprint density at radius 2 is 1.44 bits per heavy atom. The molecule has 2 heterocycles. The number of alkyl halides is 3. The number of hydrogen-bond acceptors (Lipinski definition) is 7. The molecule has 0 bridgehead atoms. The molecule has 9 nitrogen and oxygen atoms in total. The van der Waals surface area contributed by atoms with E-state index in [1.807, 2.05) is 78.9 Å². The fourth-order valence-corrected chi connectivity index (χ4v) is 5.62. The molecule has 0 spiro atoms. The summed E-state index contributed by atoms with van der Waals surface area (Å²) in [6.45, 7) is 0. The monoisotopic (exact) mass is 598 g/mol. The standard InChI is InChI=1S/C29H28N2O5.C2HF3O2/c1-31-26(32)23-24(27(31)33)29(28(34)36-3,17-18-7-5-4-6-8-18)30-25(23)21-11-9-19(10-12-21)20-13-15-22(35-2)16-14-20;3-2(4,5)1(6)7/h4-16,23-25,30H,17H2,1-3H3;(H,6,7)/t23?,24?,25?,29-;/m1./s1. The van der Waals surface area contributed by atoms with Crippen LogP contribution in [0.2, 0.25) is 0 Å². The zero-order valence-corrected chi connectivity index (χ0v) is 23.4. The molecule has 2 aliphatic heterocycles. The molecule has 5 rings (SSSR count). The summed E-state index contributed by atoms with van der Waals surface area (Å²) >= 11 is 0. The van der Waals surface area contributed by atoms with Gasteiger partial charge in [0.15, 0.2) is 0 Å². The average molecular weight is 599 g/mol. The summed E-state index contributed by atoms with van der Waals surface area (Å²) < 4.78 is 42.2.